The highest BCUT2D eigenvalue weighted by Gasteiger charge is 2.41. The van der Waals surface area contributed by atoms with Crippen molar-refractivity contribution in [3.05, 3.63) is 0 Å². The van der Waals surface area contributed by atoms with Crippen molar-refractivity contribution in [3.8, 4) is 0 Å². The van der Waals surface area contributed by atoms with Crippen LogP contribution in [0.5, 0.6) is 0 Å². The second kappa shape index (κ2) is 3.65. The predicted octanol–water partition coefficient (Wildman–Crippen LogP) is -3.25. The van der Waals surface area contributed by atoms with Gasteiger partial charge in [-0.25, -0.2) is 0 Å². The maximum atomic E-state index is 9.24. The van der Waals surface area contributed by atoms with Gasteiger partial charge in [0, 0.05) is 0 Å². The Labute approximate surface area is 69.2 Å². The number of hydrogen-bond acceptors (Lipinski definition) is 6. The summed E-state index contributed by atoms with van der Waals surface area (Å²) in [6, 6.07) is -0.995. The van der Waals surface area contributed by atoms with Crippen LogP contribution in [-0.4, -0.2) is 57.7 Å². The molecule has 0 radical (unpaired) electrons. The molecule has 0 aliphatic carbocycles. The van der Waals surface area contributed by atoms with Gasteiger partial charge in [0.2, 0.25) is 0 Å². The van der Waals surface area contributed by atoms with Crippen molar-refractivity contribution >= 4 is 0 Å². The number of hydrogen-bond donors (Lipinski definition) is 5. The van der Waals surface area contributed by atoms with E-state index < -0.39 is 37.3 Å². The largest absolute Gasteiger partial charge is 0.394 e. The van der Waals surface area contributed by atoms with Crippen molar-refractivity contribution in [1.29, 1.82) is 0 Å². The second-order valence-corrected chi connectivity index (χ2v) is 2.81. The zero-order valence-electron chi connectivity index (χ0n) is 6.37. The Balaban J connectivity index is 2.63. The first kappa shape index (κ1) is 9.85. The molecule has 0 bridgehead atoms. The van der Waals surface area contributed by atoms with E-state index in [1.165, 1.54) is 0 Å². The first-order valence-corrected chi connectivity index (χ1v) is 3.64. The Kier molecular flexibility index (Phi) is 2.99. The van der Waals surface area contributed by atoms with E-state index in [9.17, 15) is 5.11 Å². The minimum atomic E-state index is -1.44. The highest BCUT2D eigenvalue weighted by Crippen LogP contribution is 2.17. The molecule has 1 heterocycles. The molecule has 1 fully saturated rings. The fraction of sp³-hybridized carbons (Fsp3) is 1.00. The van der Waals surface area contributed by atoms with E-state index >= 15 is 0 Å². The van der Waals surface area contributed by atoms with E-state index in [2.05, 4.69) is 4.74 Å². The van der Waals surface area contributed by atoms with Crippen LogP contribution in [0.4, 0.5) is 0 Å². The molecule has 12 heavy (non-hydrogen) atoms. The van der Waals surface area contributed by atoms with Gasteiger partial charge in [-0.05, 0) is 0 Å². The third-order valence-corrected chi connectivity index (χ3v) is 1.96. The Morgan fingerprint density at radius 3 is 2.25 bits per heavy atom. The average molecular weight is 179 g/mol. The Bertz CT molecular complexity index is 150. The van der Waals surface area contributed by atoms with Crippen LogP contribution >= 0.6 is 0 Å². The van der Waals surface area contributed by atoms with Crippen molar-refractivity contribution in [2.45, 2.75) is 30.6 Å². The summed E-state index contributed by atoms with van der Waals surface area (Å²) in [5.41, 5.74) is 5.33. The van der Waals surface area contributed by atoms with Crippen LogP contribution in [0.15, 0.2) is 0 Å². The third kappa shape index (κ3) is 1.58. The van der Waals surface area contributed by atoms with Crippen LogP contribution in [0.2, 0.25) is 0 Å². The molecule has 1 unspecified atom stereocenters. The molecule has 0 saturated carbocycles. The summed E-state index contributed by atoms with van der Waals surface area (Å²) >= 11 is 0. The quantitative estimate of drug-likeness (QED) is 0.288. The van der Waals surface area contributed by atoms with E-state index in [-0.39, 0.29) is 0 Å². The molecule has 1 aliphatic heterocycles. The van der Waals surface area contributed by atoms with Gasteiger partial charge >= 0.3 is 0 Å². The van der Waals surface area contributed by atoms with E-state index in [4.69, 9.17) is 21.1 Å². The molecule has 72 valence electrons. The zero-order chi connectivity index (χ0) is 9.30. The topological polar surface area (TPSA) is 116 Å². The molecule has 5 atom stereocenters. The zero-order valence-corrected chi connectivity index (χ0v) is 6.37. The number of nitrogens with two attached hydrogens (primary N) is 1. The summed E-state index contributed by atoms with van der Waals surface area (Å²) in [6.45, 7) is -0.446. The van der Waals surface area contributed by atoms with E-state index in [0.29, 0.717) is 0 Å². The van der Waals surface area contributed by atoms with Gasteiger partial charge in [0.05, 0.1) is 12.6 Å². The van der Waals surface area contributed by atoms with Gasteiger partial charge in [-0.2, -0.15) is 0 Å². The highest BCUT2D eigenvalue weighted by molar-refractivity contribution is 4.90. The lowest BCUT2D eigenvalue weighted by Crippen LogP contribution is -2.62. The molecule has 0 amide bonds. The maximum Gasteiger partial charge on any atom is 0.183 e. The Morgan fingerprint density at radius 1 is 1.17 bits per heavy atom. The van der Waals surface area contributed by atoms with Gasteiger partial charge in [-0.3, -0.25) is 0 Å². The molecule has 0 aromatic carbocycles. The number of rotatable bonds is 1. The van der Waals surface area contributed by atoms with Crippen molar-refractivity contribution in [2.24, 2.45) is 5.73 Å². The monoisotopic (exact) mass is 179 g/mol. The molecule has 1 aliphatic rings. The Morgan fingerprint density at radius 2 is 1.75 bits per heavy atom. The number of aliphatic hydroxyl groups excluding tert-OH is 4. The summed E-state index contributed by atoms with van der Waals surface area (Å²) in [5, 5.41) is 36.0. The molecule has 6 nitrogen and oxygen atoms in total. The van der Waals surface area contributed by atoms with Crippen LogP contribution in [0, 0.1) is 0 Å². The van der Waals surface area contributed by atoms with E-state index in [1.807, 2.05) is 0 Å². The smallest absolute Gasteiger partial charge is 0.183 e. The SMILES string of the molecule is N[C@@H]1[C@H](O)[C@@H](CO)OC(O)[C@@H]1O. The van der Waals surface area contributed by atoms with Crippen molar-refractivity contribution in [2.75, 3.05) is 6.61 Å². The van der Waals surface area contributed by atoms with Gasteiger partial charge in [0.15, 0.2) is 6.29 Å². The molecule has 1 saturated heterocycles. The van der Waals surface area contributed by atoms with Gasteiger partial charge < -0.3 is 30.9 Å². The molecule has 0 aromatic heterocycles. The molecule has 0 aromatic rings. The van der Waals surface area contributed by atoms with E-state index in [1.54, 1.807) is 0 Å². The minimum Gasteiger partial charge on any atom is -0.394 e. The predicted molar refractivity (Wildman–Crippen MR) is 38.0 cm³/mol. The van der Waals surface area contributed by atoms with Crippen molar-refractivity contribution in [3.63, 3.8) is 0 Å². The van der Waals surface area contributed by atoms with Gasteiger partial charge in [0.25, 0.3) is 0 Å². The summed E-state index contributed by atoms with van der Waals surface area (Å²) in [4.78, 5) is 0. The highest BCUT2D eigenvalue weighted by atomic mass is 16.6. The second-order valence-electron chi connectivity index (χ2n) is 2.81. The summed E-state index contributed by atoms with van der Waals surface area (Å²) in [7, 11) is 0. The lowest BCUT2D eigenvalue weighted by Gasteiger charge is -2.38. The number of ether oxygens (including phenoxy) is 1. The standard InChI is InChI=1S/C6H13NO5/c7-3-4(9)2(1-8)12-6(11)5(3)10/h2-6,8-11H,1,7H2/t2-,3-,4-,5-,6?/m1/s1. The lowest BCUT2D eigenvalue weighted by molar-refractivity contribution is -0.258. The van der Waals surface area contributed by atoms with Crippen LogP contribution in [0.3, 0.4) is 0 Å². The van der Waals surface area contributed by atoms with Gasteiger partial charge in [0.1, 0.15) is 18.3 Å². The lowest BCUT2D eigenvalue weighted by atomic mass is 9.97. The fourth-order valence-corrected chi connectivity index (χ4v) is 1.13. The molecule has 0 spiro atoms. The Hall–Kier alpha value is -0.240. The average Bonchev–Trinajstić information content (AvgIpc) is 2.08. The molecule has 6 heteroatoms. The fourth-order valence-electron chi connectivity index (χ4n) is 1.13. The summed E-state index contributed by atoms with van der Waals surface area (Å²) < 4.78 is 4.66. The van der Waals surface area contributed by atoms with Gasteiger partial charge in [-0.1, -0.05) is 0 Å². The van der Waals surface area contributed by atoms with Crippen LogP contribution in [0.1, 0.15) is 0 Å². The van der Waals surface area contributed by atoms with Crippen molar-refractivity contribution < 1.29 is 25.2 Å². The molecular formula is C6H13NO5. The maximum absolute atomic E-state index is 9.24. The molecule has 6 N–H and O–H groups in total. The normalized spacial score (nSPS) is 49.2. The summed E-state index contributed by atoms with van der Waals surface area (Å²) in [5.74, 6) is 0. The molecular weight excluding hydrogens is 166 g/mol. The first-order chi connectivity index (χ1) is 5.57. The van der Waals surface area contributed by atoms with Crippen LogP contribution in [-0.2, 0) is 4.74 Å². The van der Waals surface area contributed by atoms with E-state index in [0.717, 1.165) is 0 Å². The first-order valence-electron chi connectivity index (χ1n) is 3.64. The van der Waals surface area contributed by atoms with Gasteiger partial charge in [-0.15, -0.1) is 0 Å². The summed E-state index contributed by atoms with van der Waals surface area (Å²) in [6.07, 6.45) is -4.85. The third-order valence-electron chi connectivity index (χ3n) is 1.96. The van der Waals surface area contributed by atoms with Crippen LogP contribution in [0.25, 0.3) is 0 Å². The van der Waals surface area contributed by atoms with Crippen LogP contribution < -0.4 is 5.73 Å². The molecule has 1 rings (SSSR count). The minimum absolute atomic E-state index is 0.446. The number of aliphatic hydroxyl groups is 4. The van der Waals surface area contributed by atoms with Crippen molar-refractivity contribution in [1.82, 2.24) is 0 Å².